The summed E-state index contributed by atoms with van der Waals surface area (Å²) in [4.78, 5) is 16.9. The molecule has 0 spiro atoms. The molecular formula is C13H10N2O2. The van der Waals surface area contributed by atoms with E-state index >= 15 is 0 Å². The van der Waals surface area contributed by atoms with Crippen LogP contribution in [0, 0.1) is 0 Å². The zero-order valence-corrected chi connectivity index (χ0v) is 8.90. The number of carbonyl (C=O) groups is 1. The molecule has 2 heterocycles. The molecule has 0 aliphatic carbocycles. The zero-order valence-electron chi connectivity index (χ0n) is 8.90. The second-order valence-electron chi connectivity index (χ2n) is 3.84. The molecule has 0 bridgehead atoms. The summed E-state index contributed by atoms with van der Waals surface area (Å²) in [6, 6.07) is 11.3. The average Bonchev–Trinajstić information content (AvgIpc) is 2.95. The van der Waals surface area contributed by atoms with Crippen molar-refractivity contribution in [2.24, 2.45) is 0 Å². The molecule has 0 atom stereocenters. The first-order valence-corrected chi connectivity index (χ1v) is 5.24. The van der Waals surface area contributed by atoms with Crippen LogP contribution in [0.2, 0.25) is 0 Å². The van der Waals surface area contributed by atoms with Crippen molar-refractivity contribution in [2.75, 3.05) is 0 Å². The number of aromatic nitrogens is 2. The number of para-hydroxylation sites is 1. The lowest BCUT2D eigenvalue weighted by Crippen LogP contribution is -1.95. The number of aromatic carboxylic acids is 1. The van der Waals surface area contributed by atoms with Crippen molar-refractivity contribution in [3.05, 3.63) is 48.3 Å². The molecule has 0 unspecified atom stereocenters. The molecule has 0 fully saturated rings. The monoisotopic (exact) mass is 226 g/mol. The number of benzene rings is 1. The van der Waals surface area contributed by atoms with Crippen molar-refractivity contribution in [3.8, 4) is 11.3 Å². The molecule has 0 amide bonds. The van der Waals surface area contributed by atoms with Crippen LogP contribution in [0.3, 0.4) is 0 Å². The molecule has 3 N–H and O–H groups in total. The van der Waals surface area contributed by atoms with Gasteiger partial charge in [-0.05, 0) is 18.2 Å². The SMILES string of the molecule is O=C(O)c1ccc(-c2c[nH]c3ccccc23)[nH]1. The summed E-state index contributed by atoms with van der Waals surface area (Å²) in [5, 5.41) is 9.95. The fourth-order valence-corrected chi connectivity index (χ4v) is 1.97. The largest absolute Gasteiger partial charge is 0.477 e. The Balaban J connectivity index is 2.17. The predicted molar refractivity (Wildman–Crippen MR) is 65.0 cm³/mol. The number of rotatable bonds is 2. The molecular weight excluding hydrogens is 216 g/mol. The van der Waals surface area contributed by atoms with Crippen LogP contribution in [0.4, 0.5) is 0 Å². The lowest BCUT2D eigenvalue weighted by molar-refractivity contribution is 0.0691. The molecule has 0 radical (unpaired) electrons. The Hall–Kier alpha value is -2.49. The van der Waals surface area contributed by atoms with E-state index in [9.17, 15) is 4.79 Å². The Morgan fingerprint density at radius 2 is 1.94 bits per heavy atom. The number of fused-ring (bicyclic) bond motifs is 1. The van der Waals surface area contributed by atoms with Gasteiger partial charge in [0, 0.05) is 28.4 Å². The summed E-state index contributed by atoms with van der Waals surface area (Å²) >= 11 is 0. The van der Waals surface area contributed by atoms with Crippen molar-refractivity contribution in [1.29, 1.82) is 0 Å². The van der Waals surface area contributed by atoms with Gasteiger partial charge in [-0.25, -0.2) is 4.79 Å². The molecule has 3 aromatic rings. The molecule has 3 rings (SSSR count). The Morgan fingerprint density at radius 1 is 1.12 bits per heavy atom. The van der Waals surface area contributed by atoms with E-state index in [1.807, 2.05) is 30.5 Å². The van der Waals surface area contributed by atoms with Crippen molar-refractivity contribution in [2.45, 2.75) is 0 Å². The van der Waals surface area contributed by atoms with Crippen LogP contribution in [0.15, 0.2) is 42.6 Å². The highest BCUT2D eigenvalue weighted by Gasteiger charge is 2.10. The first-order valence-electron chi connectivity index (χ1n) is 5.24. The molecule has 4 heteroatoms. The van der Waals surface area contributed by atoms with Gasteiger partial charge in [0.1, 0.15) is 5.69 Å². The van der Waals surface area contributed by atoms with Crippen LogP contribution < -0.4 is 0 Å². The van der Waals surface area contributed by atoms with Crippen LogP contribution in [-0.4, -0.2) is 21.0 Å². The van der Waals surface area contributed by atoms with Crippen LogP contribution in [0.25, 0.3) is 22.2 Å². The van der Waals surface area contributed by atoms with E-state index in [2.05, 4.69) is 9.97 Å². The summed E-state index contributed by atoms with van der Waals surface area (Å²) in [7, 11) is 0. The van der Waals surface area contributed by atoms with Gasteiger partial charge in [0.25, 0.3) is 0 Å². The summed E-state index contributed by atoms with van der Waals surface area (Å²) in [5.74, 6) is -0.948. The lowest BCUT2D eigenvalue weighted by Gasteiger charge is -1.95. The Labute approximate surface area is 96.9 Å². The first kappa shape index (κ1) is 9.72. The molecule has 17 heavy (non-hydrogen) atoms. The smallest absolute Gasteiger partial charge is 0.352 e. The molecule has 0 saturated carbocycles. The Kier molecular flexibility index (Phi) is 2.01. The quantitative estimate of drug-likeness (QED) is 0.628. The Morgan fingerprint density at radius 3 is 2.71 bits per heavy atom. The summed E-state index contributed by atoms with van der Waals surface area (Å²) in [6.45, 7) is 0. The number of aromatic amines is 2. The minimum Gasteiger partial charge on any atom is -0.477 e. The zero-order chi connectivity index (χ0) is 11.8. The molecule has 2 aromatic heterocycles. The highest BCUT2D eigenvalue weighted by molar-refractivity contribution is 5.95. The third kappa shape index (κ3) is 1.50. The summed E-state index contributed by atoms with van der Waals surface area (Å²) in [5.41, 5.74) is 3.02. The number of carboxylic acids is 1. The number of H-pyrrole nitrogens is 2. The first-order chi connectivity index (χ1) is 8.25. The van der Waals surface area contributed by atoms with E-state index < -0.39 is 5.97 Å². The number of hydrogen-bond acceptors (Lipinski definition) is 1. The van der Waals surface area contributed by atoms with Crippen LogP contribution in [-0.2, 0) is 0 Å². The second kappa shape index (κ2) is 3.52. The van der Waals surface area contributed by atoms with E-state index in [-0.39, 0.29) is 5.69 Å². The van der Waals surface area contributed by atoms with Gasteiger partial charge in [-0.1, -0.05) is 18.2 Å². The number of hydrogen-bond donors (Lipinski definition) is 3. The topological polar surface area (TPSA) is 68.9 Å². The second-order valence-corrected chi connectivity index (χ2v) is 3.84. The molecule has 84 valence electrons. The van der Waals surface area contributed by atoms with Gasteiger partial charge in [-0.2, -0.15) is 0 Å². The maximum atomic E-state index is 10.8. The van der Waals surface area contributed by atoms with Gasteiger partial charge in [0.05, 0.1) is 0 Å². The van der Waals surface area contributed by atoms with E-state index in [1.165, 1.54) is 0 Å². The van der Waals surface area contributed by atoms with E-state index in [0.29, 0.717) is 0 Å². The Bertz CT molecular complexity index is 694. The third-order valence-corrected chi connectivity index (χ3v) is 2.80. The van der Waals surface area contributed by atoms with Gasteiger partial charge >= 0.3 is 5.97 Å². The fourth-order valence-electron chi connectivity index (χ4n) is 1.97. The molecule has 0 aliphatic heterocycles. The maximum Gasteiger partial charge on any atom is 0.352 e. The van der Waals surface area contributed by atoms with Gasteiger partial charge in [-0.3, -0.25) is 0 Å². The predicted octanol–water partition coefficient (Wildman–Crippen LogP) is 2.86. The minimum atomic E-state index is -0.948. The van der Waals surface area contributed by atoms with Crippen molar-refractivity contribution < 1.29 is 9.90 Å². The third-order valence-electron chi connectivity index (χ3n) is 2.80. The minimum absolute atomic E-state index is 0.199. The van der Waals surface area contributed by atoms with Gasteiger partial charge < -0.3 is 15.1 Å². The highest BCUT2D eigenvalue weighted by atomic mass is 16.4. The lowest BCUT2D eigenvalue weighted by atomic mass is 10.1. The van der Waals surface area contributed by atoms with Crippen LogP contribution in [0.5, 0.6) is 0 Å². The van der Waals surface area contributed by atoms with Crippen molar-refractivity contribution >= 4 is 16.9 Å². The van der Waals surface area contributed by atoms with E-state index in [1.54, 1.807) is 12.1 Å². The summed E-state index contributed by atoms with van der Waals surface area (Å²) in [6.07, 6.45) is 1.88. The number of carboxylic acid groups (broad SMARTS) is 1. The fraction of sp³-hybridized carbons (Fsp3) is 0. The van der Waals surface area contributed by atoms with Crippen molar-refractivity contribution in [3.63, 3.8) is 0 Å². The molecule has 4 nitrogen and oxygen atoms in total. The summed E-state index contributed by atoms with van der Waals surface area (Å²) < 4.78 is 0. The molecule has 0 aliphatic rings. The van der Waals surface area contributed by atoms with Crippen LogP contribution in [0.1, 0.15) is 10.5 Å². The van der Waals surface area contributed by atoms with E-state index in [4.69, 9.17) is 5.11 Å². The van der Waals surface area contributed by atoms with Gasteiger partial charge in [0.2, 0.25) is 0 Å². The standard InChI is InChI=1S/C13H10N2O2/c16-13(17)12-6-5-11(15-12)9-7-14-10-4-2-1-3-8(9)10/h1-7,14-15H,(H,16,17). The highest BCUT2D eigenvalue weighted by Crippen LogP contribution is 2.27. The van der Waals surface area contributed by atoms with Crippen molar-refractivity contribution in [1.82, 2.24) is 9.97 Å². The van der Waals surface area contributed by atoms with E-state index in [0.717, 1.165) is 22.2 Å². The molecule has 0 saturated heterocycles. The average molecular weight is 226 g/mol. The maximum absolute atomic E-state index is 10.8. The number of nitrogens with one attached hydrogen (secondary N) is 2. The van der Waals surface area contributed by atoms with Crippen LogP contribution >= 0.6 is 0 Å². The molecule has 1 aromatic carbocycles. The van der Waals surface area contributed by atoms with Gasteiger partial charge in [0.15, 0.2) is 0 Å². The van der Waals surface area contributed by atoms with Gasteiger partial charge in [-0.15, -0.1) is 0 Å². The normalized spacial score (nSPS) is 10.8.